The van der Waals surface area contributed by atoms with Gasteiger partial charge in [-0.2, -0.15) is 4.98 Å². The van der Waals surface area contributed by atoms with Gasteiger partial charge in [0.1, 0.15) is 5.75 Å². The van der Waals surface area contributed by atoms with E-state index in [9.17, 15) is 0 Å². The van der Waals surface area contributed by atoms with E-state index in [1.54, 1.807) is 0 Å². The minimum Gasteiger partial charge on any atom is -0.491 e. The number of halogens is 1. The molecule has 0 spiro atoms. The summed E-state index contributed by atoms with van der Waals surface area (Å²) in [5.74, 6) is 2.09. The Kier molecular flexibility index (Phi) is 6.99. The topological polar surface area (TPSA) is 63.4 Å². The number of piperazine rings is 1. The van der Waals surface area contributed by atoms with Crippen LogP contribution in [0.15, 0.2) is 28.8 Å². The Morgan fingerprint density at radius 1 is 1.36 bits per heavy atom. The summed E-state index contributed by atoms with van der Waals surface area (Å²) >= 11 is 0. The first-order valence-electron chi connectivity index (χ1n) is 8.31. The third-order valence-electron chi connectivity index (χ3n) is 3.91. The highest BCUT2D eigenvalue weighted by Gasteiger charge is 2.24. The molecule has 0 amide bonds. The second kappa shape index (κ2) is 8.99. The fourth-order valence-corrected chi connectivity index (χ4v) is 2.68. The van der Waals surface area contributed by atoms with Crippen LogP contribution in [0.25, 0.3) is 12.2 Å². The Labute approximate surface area is 154 Å². The van der Waals surface area contributed by atoms with Crippen molar-refractivity contribution >= 4 is 24.6 Å². The van der Waals surface area contributed by atoms with Crippen molar-refractivity contribution in [2.75, 3.05) is 26.7 Å². The van der Waals surface area contributed by atoms with E-state index >= 15 is 0 Å². The summed E-state index contributed by atoms with van der Waals surface area (Å²) in [6.07, 6.45) is 3.94. The van der Waals surface area contributed by atoms with Crippen LogP contribution in [-0.2, 0) is 0 Å². The van der Waals surface area contributed by atoms with Crippen LogP contribution in [0.1, 0.15) is 37.2 Å². The molecule has 0 aliphatic carbocycles. The molecule has 0 bridgehead atoms. The van der Waals surface area contributed by atoms with Crippen LogP contribution in [0, 0.1) is 0 Å². The number of hydrogen-bond donors (Lipinski definition) is 1. The van der Waals surface area contributed by atoms with Crippen molar-refractivity contribution in [1.29, 1.82) is 0 Å². The lowest BCUT2D eigenvalue weighted by molar-refractivity contribution is 0.190. The van der Waals surface area contributed by atoms with E-state index in [2.05, 4.69) is 27.4 Å². The summed E-state index contributed by atoms with van der Waals surface area (Å²) in [5, 5.41) is 7.47. The predicted octanol–water partition coefficient (Wildman–Crippen LogP) is 3.03. The molecular weight excluding hydrogens is 340 g/mol. The first-order chi connectivity index (χ1) is 11.6. The van der Waals surface area contributed by atoms with Gasteiger partial charge in [0.25, 0.3) is 5.89 Å². The zero-order valence-electron chi connectivity index (χ0n) is 14.8. The number of likely N-dealkylation sites (N-methyl/N-ethyl adjacent to an activating group) is 1. The van der Waals surface area contributed by atoms with Gasteiger partial charge in [-0.3, -0.25) is 4.90 Å². The van der Waals surface area contributed by atoms with Crippen LogP contribution < -0.4 is 10.1 Å². The van der Waals surface area contributed by atoms with Crippen molar-refractivity contribution in [2.45, 2.75) is 26.0 Å². The minimum atomic E-state index is 0. The molecule has 2 heterocycles. The number of nitrogens with zero attached hydrogens (tertiary/aromatic N) is 3. The molecule has 1 aromatic carbocycles. The predicted molar refractivity (Wildman–Crippen MR) is 101 cm³/mol. The molecule has 7 heteroatoms. The number of ether oxygens (including phenoxy) is 1. The highest BCUT2D eigenvalue weighted by molar-refractivity contribution is 5.85. The average Bonchev–Trinajstić information content (AvgIpc) is 3.02. The lowest BCUT2D eigenvalue weighted by Crippen LogP contribution is -2.44. The number of benzene rings is 1. The van der Waals surface area contributed by atoms with Gasteiger partial charge >= 0.3 is 0 Å². The van der Waals surface area contributed by atoms with Crippen LogP contribution >= 0.6 is 12.4 Å². The van der Waals surface area contributed by atoms with Gasteiger partial charge in [-0.15, -0.1) is 12.4 Å². The Bertz CT molecular complexity index is 702. The molecule has 0 radical (unpaired) electrons. The van der Waals surface area contributed by atoms with Crippen molar-refractivity contribution in [1.82, 2.24) is 20.4 Å². The highest BCUT2D eigenvalue weighted by Crippen LogP contribution is 2.19. The van der Waals surface area contributed by atoms with Gasteiger partial charge < -0.3 is 14.6 Å². The van der Waals surface area contributed by atoms with E-state index in [0.29, 0.717) is 5.89 Å². The molecule has 1 fully saturated rings. The van der Waals surface area contributed by atoms with E-state index in [1.165, 1.54) is 0 Å². The van der Waals surface area contributed by atoms with Gasteiger partial charge in [0.2, 0.25) is 0 Å². The highest BCUT2D eigenvalue weighted by atomic mass is 35.5. The van der Waals surface area contributed by atoms with Gasteiger partial charge in [-0.1, -0.05) is 17.3 Å². The zero-order valence-corrected chi connectivity index (χ0v) is 15.6. The van der Waals surface area contributed by atoms with Gasteiger partial charge in [0.05, 0.1) is 12.1 Å². The standard InChI is InChI=1S/C18H24N4O2.ClH/c1-13(2)23-15-6-4-5-14(11-15)7-8-17-20-18(21-24-17)16-12-19-9-10-22(16)3;/h4-8,11,13,16,19H,9-10,12H2,1-3H3;1H/b8-7+;. The molecule has 0 saturated carbocycles. The van der Waals surface area contributed by atoms with E-state index in [1.807, 2.05) is 50.3 Å². The van der Waals surface area contributed by atoms with Crippen molar-refractivity contribution in [3.63, 3.8) is 0 Å². The van der Waals surface area contributed by atoms with Gasteiger partial charge in [-0.05, 0) is 44.7 Å². The average molecular weight is 365 g/mol. The Hall–Kier alpha value is -1.89. The van der Waals surface area contributed by atoms with Crippen LogP contribution in [0.5, 0.6) is 5.75 Å². The normalized spacial score (nSPS) is 18.5. The molecule has 3 rings (SSSR count). The van der Waals surface area contributed by atoms with Gasteiger partial charge in [0.15, 0.2) is 5.82 Å². The molecule has 1 atom stereocenters. The molecule has 136 valence electrons. The summed E-state index contributed by atoms with van der Waals surface area (Å²) < 4.78 is 11.1. The fourth-order valence-electron chi connectivity index (χ4n) is 2.68. The summed E-state index contributed by atoms with van der Waals surface area (Å²) in [7, 11) is 2.08. The quantitative estimate of drug-likeness (QED) is 0.879. The third-order valence-corrected chi connectivity index (χ3v) is 3.91. The molecule has 1 aromatic heterocycles. The Morgan fingerprint density at radius 3 is 2.96 bits per heavy atom. The van der Waals surface area contributed by atoms with Crippen molar-refractivity contribution < 1.29 is 9.26 Å². The molecule has 1 unspecified atom stereocenters. The second-order valence-electron chi connectivity index (χ2n) is 6.26. The first kappa shape index (κ1) is 19.4. The lowest BCUT2D eigenvalue weighted by Gasteiger charge is -2.30. The number of hydrogen-bond acceptors (Lipinski definition) is 6. The Balaban J connectivity index is 0.00000225. The number of nitrogens with one attached hydrogen (secondary N) is 1. The fraction of sp³-hybridized carbons (Fsp3) is 0.444. The monoisotopic (exact) mass is 364 g/mol. The SMILES string of the molecule is CC(C)Oc1cccc(/C=C/c2nc(C3CNCCN3C)no2)c1.Cl. The van der Waals surface area contributed by atoms with E-state index in [0.717, 1.165) is 36.8 Å². The van der Waals surface area contributed by atoms with Crippen LogP contribution in [0.4, 0.5) is 0 Å². The maximum Gasteiger partial charge on any atom is 0.250 e. The van der Waals surface area contributed by atoms with Gasteiger partial charge in [0, 0.05) is 25.7 Å². The maximum atomic E-state index is 5.70. The van der Waals surface area contributed by atoms with Crippen LogP contribution in [-0.4, -0.2) is 47.8 Å². The molecule has 1 aliphatic heterocycles. The smallest absolute Gasteiger partial charge is 0.250 e. The molecular formula is C18H25ClN4O2. The Morgan fingerprint density at radius 2 is 2.20 bits per heavy atom. The summed E-state index contributed by atoms with van der Waals surface area (Å²) in [5.41, 5.74) is 1.03. The van der Waals surface area contributed by atoms with E-state index in [-0.39, 0.29) is 24.6 Å². The minimum absolute atomic E-state index is 0. The molecule has 2 aromatic rings. The molecule has 25 heavy (non-hydrogen) atoms. The number of aromatic nitrogens is 2. The largest absolute Gasteiger partial charge is 0.491 e. The van der Waals surface area contributed by atoms with E-state index in [4.69, 9.17) is 9.26 Å². The van der Waals surface area contributed by atoms with E-state index < -0.39 is 0 Å². The third kappa shape index (κ3) is 5.29. The molecule has 1 saturated heterocycles. The zero-order chi connectivity index (χ0) is 16.9. The van der Waals surface area contributed by atoms with Crippen LogP contribution in [0.3, 0.4) is 0 Å². The van der Waals surface area contributed by atoms with Crippen LogP contribution in [0.2, 0.25) is 0 Å². The summed E-state index contributed by atoms with van der Waals surface area (Å²) in [6.45, 7) is 6.84. The summed E-state index contributed by atoms with van der Waals surface area (Å²) in [6, 6.07) is 8.09. The lowest BCUT2D eigenvalue weighted by atomic mass is 10.2. The second-order valence-corrected chi connectivity index (χ2v) is 6.26. The molecule has 1 N–H and O–H groups in total. The maximum absolute atomic E-state index is 5.70. The molecule has 1 aliphatic rings. The van der Waals surface area contributed by atoms with Gasteiger partial charge in [-0.25, -0.2) is 0 Å². The van der Waals surface area contributed by atoms with Crippen molar-refractivity contribution in [2.24, 2.45) is 0 Å². The van der Waals surface area contributed by atoms with Crippen molar-refractivity contribution in [3.8, 4) is 5.75 Å². The number of rotatable bonds is 5. The first-order valence-corrected chi connectivity index (χ1v) is 8.31. The summed E-state index contributed by atoms with van der Waals surface area (Å²) in [4.78, 5) is 6.73. The van der Waals surface area contributed by atoms with Crippen molar-refractivity contribution in [3.05, 3.63) is 41.5 Å². The molecule has 6 nitrogen and oxygen atoms in total.